The number of sulfonamides is 1. The van der Waals surface area contributed by atoms with Crippen molar-refractivity contribution in [2.45, 2.75) is 56.9 Å². The van der Waals surface area contributed by atoms with Crippen LogP contribution in [0.15, 0.2) is 9.42 Å². The molecule has 0 unspecified atom stereocenters. The predicted molar refractivity (Wildman–Crippen MR) is 94.4 cm³/mol. The third kappa shape index (κ3) is 4.01. The smallest absolute Gasteiger partial charge is 0.306 e. The van der Waals surface area contributed by atoms with Gasteiger partial charge in [-0.1, -0.05) is 5.16 Å². The van der Waals surface area contributed by atoms with Crippen molar-refractivity contribution in [3.63, 3.8) is 0 Å². The van der Waals surface area contributed by atoms with Crippen LogP contribution in [0, 0.1) is 25.7 Å². The van der Waals surface area contributed by atoms with Gasteiger partial charge in [0, 0.05) is 25.0 Å². The second-order valence-corrected chi connectivity index (χ2v) is 9.26. The summed E-state index contributed by atoms with van der Waals surface area (Å²) in [5, 5.41) is 15.7. The monoisotopic (exact) mass is 399 g/mol. The predicted octanol–water partition coefficient (Wildman–Crippen LogP) is 1.06. The van der Waals surface area contributed by atoms with Crippen LogP contribution in [-0.4, -0.2) is 54.0 Å². The van der Waals surface area contributed by atoms with Gasteiger partial charge in [-0.3, -0.25) is 9.59 Å². The molecule has 9 nitrogen and oxygen atoms in total. The van der Waals surface area contributed by atoms with Crippen LogP contribution in [0.2, 0.25) is 0 Å². The number of carbonyl (C=O) groups is 2. The lowest BCUT2D eigenvalue weighted by Gasteiger charge is -2.31. The zero-order chi connectivity index (χ0) is 19.8. The zero-order valence-corrected chi connectivity index (χ0v) is 16.3. The Morgan fingerprint density at radius 1 is 1.15 bits per heavy atom. The fourth-order valence-electron chi connectivity index (χ4n) is 3.99. The van der Waals surface area contributed by atoms with Gasteiger partial charge < -0.3 is 14.9 Å². The molecule has 2 fully saturated rings. The van der Waals surface area contributed by atoms with Crippen LogP contribution in [-0.2, 0) is 19.6 Å². The third-order valence-corrected chi connectivity index (χ3v) is 7.66. The lowest BCUT2D eigenvalue weighted by molar-refractivity contribution is -0.141. The number of rotatable bonds is 5. The zero-order valence-electron chi connectivity index (χ0n) is 15.5. The summed E-state index contributed by atoms with van der Waals surface area (Å²) in [6, 6.07) is -0.109. The van der Waals surface area contributed by atoms with Crippen LogP contribution in [0.3, 0.4) is 0 Å². The van der Waals surface area contributed by atoms with E-state index in [0.717, 1.165) is 0 Å². The molecule has 1 saturated heterocycles. The molecule has 2 heterocycles. The first-order valence-electron chi connectivity index (χ1n) is 9.16. The van der Waals surface area contributed by atoms with Crippen molar-refractivity contribution in [1.29, 1.82) is 0 Å². The lowest BCUT2D eigenvalue weighted by Crippen LogP contribution is -2.45. The van der Waals surface area contributed by atoms with E-state index in [1.54, 1.807) is 13.8 Å². The number of nitrogens with one attached hydrogen (secondary N) is 1. The van der Waals surface area contributed by atoms with Crippen molar-refractivity contribution in [2.24, 2.45) is 11.8 Å². The van der Waals surface area contributed by atoms with E-state index in [9.17, 15) is 18.0 Å². The van der Waals surface area contributed by atoms with Gasteiger partial charge in [0.1, 0.15) is 10.6 Å². The minimum Gasteiger partial charge on any atom is -0.481 e. The van der Waals surface area contributed by atoms with Crippen molar-refractivity contribution in [1.82, 2.24) is 14.8 Å². The molecule has 1 aliphatic carbocycles. The fourth-order valence-corrected chi connectivity index (χ4v) is 5.75. The molecule has 1 aromatic heterocycles. The molecule has 1 saturated carbocycles. The Balaban J connectivity index is 1.56. The highest BCUT2D eigenvalue weighted by Gasteiger charge is 2.37. The molecule has 2 aliphatic rings. The summed E-state index contributed by atoms with van der Waals surface area (Å²) in [5.41, 5.74) is 0.335. The molecule has 1 amide bonds. The molecule has 1 aliphatic heterocycles. The molecule has 0 radical (unpaired) electrons. The second-order valence-electron chi connectivity index (χ2n) is 7.39. The van der Waals surface area contributed by atoms with Gasteiger partial charge in [0.25, 0.3) is 0 Å². The molecular weight excluding hydrogens is 374 g/mol. The van der Waals surface area contributed by atoms with Gasteiger partial charge in [-0.2, -0.15) is 4.31 Å². The van der Waals surface area contributed by atoms with Gasteiger partial charge in [-0.25, -0.2) is 8.42 Å². The highest BCUT2D eigenvalue weighted by atomic mass is 32.2. The number of amides is 1. The van der Waals surface area contributed by atoms with Gasteiger partial charge in [0.05, 0.1) is 5.92 Å². The minimum atomic E-state index is -3.69. The SMILES string of the molecule is Cc1noc(C)c1S(=O)(=O)N1CCC(C(=O)N[C@H]2CC[C@@H](C(=O)O)C2)CC1. The maximum atomic E-state index is 12.8. The Kier molecular flexibility index (Phi) is 5.57. The number of hydrogen-bond acceptors (Lipinski definition) is 6. The van der Waals surface area contributed by atoms with E-state index in [0.29, 0.717) is 37.8 Å². The number of piperidine rings is 1. The van der Waals surface area contributed by atoms with Gasteiger partial charge in [-0.05, 0) is 46.0 Å². The van der Waals surface area contributed by atoms with E-state index in [1.807, 2.05) is 0 Å². The number of carboxylic acids is 1. The molecular formula is C17H25N3O6S. The van der Waals surface area contributed by atoms with Gasteiger partial charge in [0.2, 0.25) is 15.9 Å². The van der Waals surface area contributed by atoms with Gasteiger partial charge in [0.15, 0.2) is 5.76 Å². The molecule has 2 N–H and O–H groups in total. The number of carboxylic acid groups (broad SMARTS) is 1. The van der Waals surface area contributed by atoms with Gasteiger partial charge in [-0.15, -0.1) is 0 Å². The van der Waals surface area contributed by atoms with Crippen LogP contribution in [0.25, 0.3) is 0 Å². The first kappa shape index (κ1) is 19.8. The maximum absolute atomic E-state index is 12.8. The van der Waals surface area contributed by atoms with E-state index < -0.39 is 21.9 Å². The van der Waals surface area contributed by atoms with E-state index in [-0.39, 0.29) is 41.6 Å². The number of aliphatic carboxylic acids is 1. The molecule has 2 atom stereocenters. The summed E-state index contributed by atoms with van der Waals surface area (Å²) < 4.78 is 32.0. The summed E-state index contributed by atoms with van der Waals surface area (Å²) in [5.74, 6) is -1.31. The van der Waals surface area contributed by atoms with E-state index in [2.05, 4.69) is 10.5 Å². The Morgan fingerprint density at radius 2 is 1.81 bits per heavy atom. The Morgan fingerprint density at radius 3 is 2.33 bits per heavy atom. The molecule has 150 valence electrons. The molecule has 1 aromatic rings. The highest BCUT2D eigenvalue weighted by Crippen LogP contribution is 2.29. The summed E-state index contributed by atoms with van der Waals surface area (Å²) in [6.45, 7) is 3.68. The number of hydrogen-bond donors (Lipinski definition) is 2. The fraction of sp³-hybridized carbons (Fsp3) is 0.706. The van der Waals surface area contributed by atoms with Crippen LogP contribution in [0.5, 0.6) is 0 Å². The van der Waals surface area contributed by atoms with Crippen LogP contribution >= 0.6 is 0 Å². The topological polar surface area (TPSA) is 130 Å². The van der Waals surface area contributed by atoms with Crippen molar-refractivity contribution in [3.05, 3.63) is 11.5 Å². The maximum Gasteiger partial charge on any atom is 0.306 e. The second kappa shape index (κ2) is 7.59. The normalized spacial score (nSPS) is 24.8. The highest BCUT2D eigenvalue weighted by molar-refractivity contribution is 7.89. The van der Waals surface area contributed by atoms with Crippen LogP contribution in [0.1, 0.15) is 43.6 Å². The van der Waals surface area contributed by atoms with Crippen molar-refractivity contribution >= 4 is 21.9 Å². The standard InChI is InChI=1S/C17H25N3O6S/c1-10-15(11(2)26-19-10)27(24,25)20-7-5-12(6-8-20)16(21)18-14-4-3-13(9-14)17(22)23/h12-14H,3-9H2,1-2H3,(H,18,21)(H,22,23)/t13-,14+/m1/s1. The minimum absolute atomic E-state index is 0.107. The summed E-state index contributed by atoms with van der Waals surface area (Å²) >= 11 is 0. The summed E-state index contributed by atoms with van der Waals surface area (Å²) in [4.78, 5) is 23.6. The summed E-state index contributed by atoms with van der Waals surface area (Å²) in [7, 11) is -3.69. The first-order valence-corrected chi connectivity index (χ1v) is 10.6. The van der Waals surface area contributed by atoms with E-state index in [4.69, 9.17) is 9.63 Å². The molecule has 0 aromatic carbocycles. The molecule has 10 heteroatoms. The molecule has 0 spiro atoms. The van der Waals surface area contributed by atoms with E-state index in [1.165, 1.54) is 4.31 Å². The Bertz CT molecular complexity index is 806. The number of aryl methyl sites for hydroxylation is 2. The van der Waals surface area contributed by atoms with Crippen molar-refractivity contribution < 1.29 is 27.6 Å². The van der Waals surface area contributed by atoms with Gasteiger partial charge >= 0.3 is 5.97 Å². The average molecular weight is 399 g/mol. The van der Waals surface area contributed by atoms with Crippen LogP contribution < -0.4 is 5.32 Å². The number of nitrogens with zero attached hydrogens (tertiary/aromatic N) is 2. The Labute approximate surface area is 158 Å². The van der Waals surface area contributed by atoms with E-state index >= 15 is 0 Å². The van der Waals surface area contributed by atoms with Crippen molar-refractivity contribution in [3.8, 4) is 0 Å². The average Bonchev–Trinajstić information content (AvgIpc) is 3.22. The largest absolute Gasteiger partial charge is 0.481 e. The molecule has 27 heavy (non-hydrogen) atoms. The molecule has 3 rings (SSSR count). The Hall–Kier alpha value is -1.94. The third-order valence-electron chi connectivity index (χ3n) is 5.52. The number of carbonyl (C=O) groups excluding carboxylic acids is 1. The first-order chi connectivity index (χ1) is 12.7. The molecule has 0 bridgehead atoms. The lowest BCUT2D eigenvalue weighted by atomic mass is 9.96. The quantitative estimate of drug-likeness (QED) is 0.757. The van der Waals surface area contributed by atoms with Crippen molar-refractivity contribution in [2.75, 3.05) is 13.1 Å². The van der Waals surface area contributed by atoms with Crippen LogP contribution in [0.4, 0.5) is 0 Å². The summed E-state index contributed by atoms with van der Waals surface area (Å²) in [6.07, 6.45) is 2.57. The number of aromatic nitrogens is 1.